The van der Waals surface area contributed by atoms with Gasteiger partial charge in [-0.25, -0.2) is 9.07 Å². The number of hydrogen-bond donors (Lipinski definition) is 1. The lowest BCUT2D eigenvalue weighted by Crippen LogP contribution is -2.16. The zero-order valence-corrected chi connectivity index (χ0v) is 14.8. The van der Waals surface area contributed by atoms with E-state index in [4.69, 9.17) is 0 Å². The van der Waals surface area contributed by atoms with Gasteiger partial charge in [0.2, 0.25) is 0 Å². The number of thiophene rings is 1. The first kappa shape index (κ1) is 18.2. The second-order valence-electron chi connectivity index (χ2n) is 5.89. The monoisotopic (exact) mass is 405 g/mol. The van der Waals surface area contributed by atoms with E-state index in [0.717, 1.165) is 17.4 Å². The molecule has 4 aromatic rings. The number of hydrogen-bond acceptors (Lipinski definition) is 3. The number of anilines is 1. The first-order chi connectivity index (χ1) is 13.3. The molecule has 0 saturated carbocycles. The van der Waals surface area contributed by atoms with Gasteiger partial charge in [-0.3, -0.25) is 4.79 Å². The third kappa shape index (κ3) is 3.36. The number of amides is 1. The molecule has 2 aromatic heterocycles. The Hall–Kier alpha value is -3.20. The van der Waals surface area contributed by atoms with Gasteiger partial charge in [-0.05, 0) is 42.5 Å². The van der Waals surface area contributed by atoms with Gasteiger partial charge in [0.1, 0.15) is 5.82 Å². The standard InChI is InChI=1S/C19H11F4N3OS/c20-14-3-1-4-16-12(14)10-17(28-16)18(27)25-15-6-5-11(26-8-2-7-24-26)9-13(15)19(21,22)23/h1-10H,(H,25,27). The highest BCUT2D eigenvalue weighted by Gasteiger charge is 2.34. The van der Waals surface area contributed by atoms with Crippen molar-refractivity contribution in [2.75, 3.05) is 5.32 Å². The Balaban J connectivity index is 1.70. The number of benzene rings is 2. The molecule has 0 aliphatic heterocycles. The molecule has 0 spiro atoms. The molecule has 9 heteroatoms. The van der Waals surface area contributed by atoms with Crippen LogP contribution in [0.2, 0.25) is 0 Å². The van der Waals surface area contributed by atoms with Crippen LogP contribution >= 0.6 is 11.3 Å². The lowest BCUT2D eigenvalue weighted by atomic mass is 10.1. The lowest BCUT2D eigenvalue weighted by Gasteiger charge is -2.15. The van der Waals surface area contributed by atoms with Crippen LogP contribution in [0.15, 0.2) is 60.9 Å². The average molecular weight is 405 g/mol. The summed E-state index contributed by atoms with van der Waals surface area (Å²) in [6, 6.07) is 10.8. The predicted octanol–water partition coefficient (Wildman–Crippen LogP) is 5.50. The molecule has 0 fully saturated rings. The van der Waals surface area contributed by atoms with Crippen LogP contribution in [-0.4, -0.2) is 15.7 Å². The van der Waals surface area contributed by atoms with Gasteiger partial charge in [0.15, 0.2) is 0 Å². The molecule has 0 unspecified atom stereocenters. The van der Waals surface area contributed by atoms with E-state index in [1.807, 2.05) is 0 Å². The normalized spacial score (nSPS) is 11.7. The highest BCUT2D eigenvalue weighted by atomic mass is 32.1. The molecule has 2 heterocycles. The van der Waals surface area contributed by atoms with E-state index in [1.54, 1.807) is 12.1 Å². The Bertz CT molecular complexity index is 1170. The highest BCUT2D eigenvalue weighted by molar-refractivity contribution is 7.20. The predicted molar refractivity (Wildman–Crippen MR) is 98.3 cm³/mol. The molecule has 4 rings (SSSR count). The van der Waals surface area contributed by atoms with E-state index < -0.39 is 23.5 Å². The molecule has 0 saturated heterocycles. The first-order valence-electron chi connectivity index (χ1n) is 8.03. The quantitative estimate of drug-likeness (QED) is 0.458. The van der Waals surface area contributed by atoms with Crippen LogP contribution in [0.5, 0.6) is 0 Å². The molecule has 0 aliphatic carbocycles. The van der Waals surface area contributed by atoms with Crippen molar-refractivity contribution in [3.8, 4) is 5.69 Å². The first-order valence-corrected chi connectivity index (χ1v) is 8.85. The van der Waals surface area contributed by atoms with E-state index in [2.05, 4.69) is 10.4 Å². The van der Waals surface area contributed by atoms with Crippen LogP contribution in [0.3, 0.4) is 0 Å². The van der Waals surface area contributed by atoms with Gasteiger partial charge in [-0.2, -0.15) is 18.3 Å². The minimum atomic E-state index is -4.68. The summed E-state index contributed by atoms with van der Waals surface area (Å²) in [6.07, 6.45) is -1.72. The average Bonchev–Trinajstić information content (AvgIpc) is 3.31. The molecule has 0 atom stereocenters. The number of nitrogens with zero attached hydrogens (tertiary/aromatic N) is 2. The number of alkyl halides is 3. The third-order valence-electron chi connectivity index (χ3n) is 4.06. The maximum atomic E-state index is 13.8. The summed E-state index contributed by atoms with van der Waals surface area (Å²) in [6.45, 7) is 0. The van der Waals surface area contributed by atoms with Crippen LogP contribution < -0.4 is 5.32 Å². The molecule has 1 N–H and O–H groups in total. The highest BCUT2D eigenvalue weighted by Crippen LogP contribution is 2.37. The lowest BCUT2D eigenvalue weighted by molar-refractivity contribution is -0.136. The van der Waals surface area contributed by atoms with Crippen molar-refractivity contribution >= 4 is 33.0 Å². The van der Waals surface area contributed by atoms with Crippen molar-refractivity contribution in [2.24, 2.45) is 0 Å². The minimum Gasteiger partial charge on any atom is -0.321 e. The molecule has 28 heavy (non-hydrogen) atoms. The summed E-state index contributed by atoms with van der Waals surface area (Å²) >= 11 is 1.01. The fourth-order valence-electron chi connectivity index (χ4n) is 2.76. The zero-order valence-electron chi connectivity index (χ0n) is 14.0. The Morgan fingerprint density at radius 1 is 1.11 bits per heavy atom. The minimum absolute atomic E-state index is 0.115. The van der Waals surface area contributed by atoms with Gasteiger partial charge < -0.3 is 5.32 Å². The van der Waals surface area contributed by atoms with E-state index in [9.17, 15) is 22.4 Å². The van der Waals surface area contributed by atoms with E-state index in [0.29, 0.717) is 4.70 Å². The number of carbonyl (C=O) groups is 1. The number of aromatic nitrogens is 2. The summed E-state index contributed by atoms with van der Waals surface area (Å²) in [7, 11) is 0. The van der Waals surface area contributed by atoms with Crippen LogP contribution in [0.1, 0.15) is 15.2 Å². The topological polar surface area (TPSA) is 46.9 Å². The molecule has 0 aliphatic rings. The summed E-state index contributed by atoms with van der Waals surface area (Å²) in [5.41, 5.74) is -1.17. The van der Waals surface area contributed by atoms with Gasteiger partial charge >= 0.3 is 6.18 Å². The number of fused-ring (bicyclic) bond motifs is 1. The van der Waals surface area contributed by atoms with Crippen molar-refractivity contribution in [2.45, 2.75) is 6.18 Å². The van der Waals surface area contributed by atoms with E-state index in [1.165, 1.54) is 47.4 Å². The fraction of sp³-hybridized carbons (Fsp3) is 0.0526. The van der Waals surface area contributed by atoms with E-state index >= 15 is 0 Å². The van der Waals surface area contributed by atoms with Gasteiger partial charge in [-0.1, -0.05) is 6.07 Å². The second-order valence-corrected chi connectivity index (χ2v) is 6.98. The van der Waals surface area contributed by atoms with E-state index in [-0.39, 0.29) is 21.6 Å². The third-order valence-corrected chi connectivity index (χ3v) is 5.16. The maximum absolute atomic E-state index is 13.8. The van der Waals surface area contributed by atoms with Crippen molar-refractivity contribution < 1.29 is 22.4 Å². The molecule has 142 valence electrons. The summed E-state index contributed by atoms with van der Waals surface area (Å²) in [5, 5.41) is 6.45. The summed E-state index contributed by atoms with van der Waals surface area (Å²) in [5.74, 6) is -1.23. The van der Waals surface area contributed by atoms with Crippen LogP contribution in [-0.2, 0) is 6.18 Å². The molecule has 0 radical (unpaired) electrons. The number of halogens is 4. The SMILES string of the molecule is O=C(Nc1ccc(-n2cccn2)cc1C(F)(F)F)c1cc2c(F)cccc2s1. The van der Waals surface area contributed by atoms with Gasteiger partial charge in [0.05, 0.1) is 21.8 Å². The summed E-state index contributed by atoms with van der Waals surface area (Å²) < 4.78 is 56.2. The van der Waals surface area contributed by atoms with Gasteiger partial charge in [0, 0.05) is 22.5 Å². The largest absolute Gasteiger partial charge is 0.418 e. The zero-order chi connectivity index (χ0) is 19.9. The second kappa shape index (κ2) is 6.75. The van der Waals surface area contributed by atoms with Crippen LogP contribution in [0.4, 0.5) is 23.2 Å². The van der Waals surface area contributed by atoms with Crippen LogP contribution in [0, 0.1) is 5.82 Å². The Morgan fingerprint density at radius 2 is 1.93 bits per heavy atom. The van der Waals surface area contributed by atoms with Crippen LogP contribution in [0.25, 0.3) is 15.8 Å². The smallest absolute Gasteiger partial charge is 0.321 e. The number of rotatable bonds is 3. The molecular weight excluding hydrogens is 394 g/mol. The fourth-order valence-corrected chi connectivity index (χ4v) is 3.73. The maximum Gasteiger partial charge on any atom is 0.418 e. The van der Waals surface area contributed by atoms with Crippen molar-refractivity contribution in [1.29, 1.82) is 0 Å². The van der Waals surface area contributed by atoms with Crippen molar-refractivity contribution in [1.82, 2.24) is 9.78 Å². The Kier molecular flexibility index (Phi) is 4.38. The van der Waals surface area contributed by atoms with Crippen molar-refractivity contribution in [3.05, 3.63) is 77.2 Å². The number of nitrogens with one attached hydrogen (secondary N) is 1. The molecule has 0 bridgehead atoms. The molecule has 2 aromatic carbocycles. The molecular formula is C19H11F4N3OS. The summed E-state index contributed by atoms with van der Waals surface area (Å²) in [4.78, 5) is 12.6. The Morgan fingerprint density at radius 3 is 2.61 bits per heavy atom. The number of carbonyl (C=O) groups excluding carboxylic acids is 1. The van der Waals surface area contributed by atoms with Gasteiger partial charge in [0.25, 0.3) is 5.91 Å². The van der Waals surface area contributed by atoms with Crippen molar-refractivity contribution in [3.63, 3.8) is 0 Å². The van der Waals surface area contributed by atoms with Gasteiger partial charge in [-0.15, -0.1) is 11.3 Å². The molecule has 4 nitrogen and oxygen atoms in total. The molecule has 1 amide bonds. The Labute approximate surface area is 160 Å².